The molecule has 3 aliphatic heterocycles. The summed E-state index contributed by atoms with van der Waals surface area (Å²) in [6, 6.07) is 0. The molecule has 4 aliphatic carbocycles. The summed E-state index contributed by atoms with van der Waals surface area (Å²) in [7, 11) is 0. The molecule has 3 heterocycles. The number of esters is 1. The SMILES string of the molecule is CC1(C2CCC3OC3(C)C2)CO1.O=C(OCC1CCC2CC2C1)C1CCC2OC2C1. The molecule has 0 aromatic heterocycles. The molecule has 30 heavy (non-hydrogen) atoms. The molecule has 0 bridgehead atoms. The highest BCUT2D eigenvalue weighted by Gasteiger charge is 2.60. The molecular weight excluding hydrogens is 380 g/mol. The minimum absolute atomic E-state index is 0.0434. The Morgan fingerprint density at radius 2 is 1.80 bits per heavy atom. The zero-order valence-corrected chi connectivity index (χ0v) is 18.6. The predicted octanol–water partition coefficient (Wildman–Crippen LogP) is 4.27. The minimum Gasteiger partial charge on any atom is -0.465 e. The second-order valence-electron chi connectivity index (χ2n) is 11.8. The van der Waals surface area contributed by atoms with Crippen LogP contribution in [0.3, 0.4) is 0 Å². The molecule has 7 fully saturated rings. The molecule has 0 amide bonds. The Morgan fingerprint density at radius 3 is 2.53 bits per heavy atom. The average Bonchev–Trinajstić information content (AvgIpc) is 3.57. The van der Waals surface area contributed by atoms with Crippen molar-refractivity contribution < 1.29 is 23.7 Å². The molecule has 0 spiro atoms. The molecule has 0 radical (unpaired) electrons. The molecular formula is C25H38O5. The van der Waals surface area contributed by atoms with Crippen LogP contribution in [0.5, 0.6) is 0 Å². The van der Waals surface area contributed by atoms with Gasteiger partial charge in [-0.15, -0.1) is 0 Å². The van der Waals surface area contributed by atoms with E-state index in [0.717, 1.165) is 43.6 Å². The fourth-order valence-electron chi connectivity index (χ4n) is 6.69. The highest BCUT2D eigenvalue weighted by atomic mass is 16.6. The number of hydrogen-bond acceptors (Lipinski definition) is 5. The lowest BCUT2D eigenvalue weighted by Gasteiger charge is -2.26. The normalized spacial score (nSPS) is 54.3. The lowest BCUT2D eigenvalue weighted by molar-refractivity contribution is -0.151. The van der Waals surface area contributed by atoms with Crippen molar-refractivity contribution >= 4 is 5.97 Å². The number of carbonyl (C=O) groups is 1. The van der Waals surface area contributed by atoms with Crippen LogP contribution in [0.1, 0.15) is 78.1 Å². The van der Waals surface area contributed by atoms with Gasteiger partial charge in [-0.3, -0.25) is 4.79 Å². The van der Waals surface area contributed by atoms with Gasteiger partial charge in [-0.25, -0.2) is 0 Å². The van der Waals surface area contributed by atoms with E-state index < -0.39 is 0 Å². The molecule has 168 valence electrons. The summed E-state index contributed by atoms with van der Waals surface area (Å²) >= 11 is 0. The summed E-state index contributed by atoms with van der Waals surface area (Å²) in [5, 5.41) is 0. The van der Waals surface area contributed by atoms with Crippen molar-refractivity contribution in [1.82, 2.24) is 0 Å². The Kier molecular flexibility index (Phi) is 4.78. The van der Waals surface area contributed by atoms with Gasteiger partial charge < -0.3 is 18.9 Å². The first-order valence-electron chi connectivity index (χ1n) is 12.6. The van der Waals surface area contributed by atoms with Crippen molar-refractivity contribution in [3.05, 3.63) is 0 Å². The highest BCUT2D eigenvalue weighted by Crippen LogP contribution is 2.54. The first kappa shape index (κ1) is 20.0. The van der Waals surface area contributed by atoms with Gasteiger partial charge in [0.15, 0.2) is 0 Å². The van der Waals surface area contributed by atoms with Crippen LogP contribution in [0.15, 0.2) is 0 Å². The topological polar surface area (TPSA) is 63.9 Å². The third kappa shape index (κ3) is 4.06. The fraction of sp³-hybridized carbons (Fsp3) is 0.960. The first-order chi connectivity index (χ1) is 14.4. The summed E-state index contributed by atoms with van der Waals surface area (Å²) in [4.78, 5) is 12.0. The van der Waals surface area contributed by atoms with E-state index in [1.165, 1.54) is 44.9 Å². The standard InChI is InChI=1S/C15H22O3.C10H16O2/c16-15(11-3-4-13-14(7-11)18-13)17-8-9-1-2-10-6-12(10)5-9;1-9-5-7(10(2)6-11-10)3-4-8(9)12-9/h9-14H,1-8H2;7-8H,3-6H2,1-2H3. The van der Waals surface area contributed by atoms with E-state index >= 15 is 0 Å². The van der Waals surface area contributed by atoms with Crippen molar-refractivity contribution in [2.75, 3.05) is 13.2 Å². The smallest absolute Gasteiger partial charge is 0.309 e. The highest BCUT2D eigenvalue weighted by molar-refractivity contribution is 5.72. The van der Waals surface area contributed by atoms with Crippen molar-refractivity contribution in [2.24, 2.45) is 29.6 Å². The maximum Gasteiger partial charge on any atom is 0.309 e. The van der Waals surface area contributed by atoms with Gasteiger partial charge in [0.1, 0.15) is 0 Å². The van der Waals surface area contributed by atoms with E-state index in [-0.39, 0.29) is 23.1 Å². The quantitative estimate of drug-likeness (QED) is 0.504. The van der Waals surface area contributed by atoms with E-state index in [9.17, 15) is 4.79 Å². The van der Waals surface area contributed by atoms with Crippen LogP contribution in [0.25, 0.3) is 0 Å². The summed E-state index contributed by atoms with van der Waals surface area (Å²) in [5.74, 6) is 3.55. The average molecular weight is 419 g/mol. The lowest BCUT2D eigenvalue weighted by atomic mass is 9.76. The van der Waals surface area contributed by atoms with Gasteiger partial charge in [0.05, 0.1) is 48.6 Å². The molecule has 5 heteroatoms. The molecule has 0 aromatic carbocycles. The Balaban J connectivity index is 0.000000126. The predicted molar refractivity (Wildman–Crippen MR) is 111 cm³/mol. The number of epoxide rings is 3. The van der Waals surface area contributed by atoms with Gasteiger partial charge in [-0.2, -0.15) is 0 Å². The van der Waals surface area contributed by atoms with Crippen molar-refractivity contribution in [3.8, 4) is 0 Å². The van der Waals surface area contributed by atoms with Crippen LogP contribution in [0.4, 0.5) is 0 Å². The number of rotatable bonds is 4. The minimum atomic E-state index is 0.0434. The molecule has 0 aromatic rings. The van der Waals surface area contributed by atoms with E-state index in [1.54, 1.807) is 0 Å². The molecule has 0 N–H and O–H groups in total. The summed E-state index contributed by atoms with van der Waals surface area (Å²) < 4.78 is 22.2. The molecule has 10 unspecified atom stereocenters. The lowest BCUT2D eigenvalue weighted by Crippen LogP contribution is -2.31. The van der Waals surface area contributed by atoms with Crippen molar-refractivity contribution in [1.29, 1.82) is 0 Å². The fourth-order valence-corrected chi connectivity index (χ4v) is 6.69. The number of fused-ring (bicyclic) bond motifs is 3. The van der Waals surface area contributed by atoms with Crippen LogP contribution < -0.4 is 0 Å². The van der Waals surface area contributed by atoms with Gasteiger partial charge in [-0.05, 0) is 102 Å². The van der Waals surface area contributed by atoms with Gasteiger partial charge in [0.2, 0.25) is 0 Å². The van der Waals surface area contributed by atoms with Crippen LogP contribution >= 0.6 is 0 Å². The number of ether oxygens (including phenoxy) is 4. The molecule has 7 aliphatic rings. The molecule has 3 saturated heterocycles. The Bertz CT molecular complexity index is 689. The van der Waals surface area contributed by atoms with Crippen molar-refractivity contribution in [3.63, 3.8) is 0 Å². The van der Waals surface area contributed by atoms with E-state index in [1.807, 2.05) is 0 Å². The Labute approximate surface area is 180 Å². The molecule has 7 rings (SSSR count). The van der Waals surface area contributed by atoms with Crippen molar-refractivity contribution in [2.45, 2.75) is 108 Å². The zero-order chi connectivity index (χ0) is 20.5. The summed E-state index contributed by atoms with van der Waals surface area (Å²) in [6.45, 7) is 6.13. The number of carbonyl (C=O) groups excluding carboxylic acids is 1. The van der Waals surface area contributed by atoms with Crippen LogP contribution in [0, 0.1) is 29.6 Å². The number of hydrogen-bond donors (Lipinski definition) is 0. The molecule has 4 saturated carbocycles. The Morgan fingerprint density at radius 1 is 0.933 bits per heavy atom. The Hall–Kier alpha value is -0.650. The van der Waals surface area contributed by atoms with Gasteiger partial charge in [-0.1, -0.05) is 0 Å². The second-order valence-corrected chi connectivity index (χ2v) is 11.8. The van der Waals surface area contributed by atoms with Gasteiger partial charge in [0, 0.05) is 0 Å². The molecule has 5 nitrogen and oxygen atoms in total. The summed E-state index contributed by atoms with van der Waals surface area (Å²) in [5.41, 5.74) is 0.456. The third-order valence-corrected chi connectivity index (χ3v) is 9.38. The van der Waals surface area contributed by atoms with Gasteiger partial charge in [0.25, 0.3) is 0 Å². The van der Waals surface area contributed by atoms with Crippen LogP contribution in [0.2, 0.25) is 0 Å². The second kappa shape index (κ2) is 7.18. The van der Waals surface area contributed by atoms with E-state index in [4.69, 9.17) is 18.9 Å². The monoisotopic (exact) mass is 418 g/mol. The largest absolute Gasteiger partial charge is 0.465 e. The molecule has 10 atom stereocenters. The van der Waals surface area contributed by atoms with Crippen LogP contribution in [-0.4, -0.2) is 48.7 Å². The van der Waals surface area contributed by atoms with E-state index in [0.29, 0.717) is 30.8 Å². The summed E-state index contributed by atoms with van der Waals surface area (Å²) in [6.07, 6.45) is 13.5. The third-order valence-electron chi connectivity index (χ3n) is 9.38. The maximum absolute atomic E-state index is 12.0. The zero-order valence-electron chi connectivity index (χ0n) is 18.6. The van der Waals surface area contributed by atoms with Crippen LogP contribution in [-0.2, 0) is 23.7 Å². The first-order valence-corrected chi connectivity index (χ1v) is 12.6. The maximum atomic E-state index is 12.0. The van der Waals surface area contributed by atoms with E-state index in [2.05, 4.69) is 13.8 Å². The van der Waals surface area contributed by atoms with Gasteiger partial charge >= 0.3 is 5.97 Å².